The van der Waals surface area contributed by atoms with Crippen LogP contribution in [0.25, 0.3) is 16.7 Å². The van der Waals surface area contributed by atoms with E-state index in [1.807, 2.05) is 49.4 Å². The predicted octanol–water partition coefficient (Wildman–Crippen LogP) is 5.97. The summed E-state index contributed by atoms with van der Waals surface area (Å²) >= 11 is 6.56. The second-order valence-corrected chi connectivity index (χ2v) is 7.54. The minimum Gasteiger partial charge on any atom is -0.511 e. The lowest BCUT2D eigenvalue weighted by Gasteiger charge is -2.23. The van der Waals surface area contributed by atoms with Gasteiger partial charge in [0.1, 0.15) is 5.76 Å². The summed E-state index contributed by atoms with van der Waals surface area (Å²) in [5.74, 6) is 0.245. The van der Waals surface area contributed by atoms with Crippen molar-refractivity contribution in [1.82, 2.24) is 0 Å². The molecule has 1 N–H and O–H groups in total. The van der Waals surface area contributed by atoms with E-state index in [0.29, 0.717) is 16.2 Å². The summed E-state index contributed by atoms with van der Waals surface area (Å²) in [4.78, 5) is 12.9. The van der Waals surface area contributed by atoms with Crippen LogP contribution in [0.1, 0.15) is 36.8 Å². The van der Waals surface area contributed by atoms with E-state index in [-0.39, 0.29) is 23.4 Å². The zero-order valence-electron chi connectivity index (χ0n) is 14.3. The fraction of sp³-hybridized carbons (Fsp3) is 0.318. The zero-order chi connectivity index (χ0) is 17.6. The van der Waals surface area contributed by atoms with Gasteiger partial charge >= 0.3 is 0 Å². The Morgan fingerprint density at radius 1 is 1.00 bits per heavy atom. The molecule has 1 saturated carbocycles. The highest BCUT2D eigenvalue weighted by atomic mass is 35.5. The predicted molar refractivity (Wildman–Crippen MR) is 102 cm³/mol. The summed E-state index contributed by atoms with van der Waals surface area (Å²) in [6.45, 7) is 2.02. The molecule has 25 heavy (non-hydrogen) atoms. The number of fused-ring (bicyclic) bond motifs is 1. The quantitative estimate of drug-likeness (QED) is 0.722. The number of ketones is 1. The Morgan fingerprint density at radius 2 is 1.68 bits per heavy atom. The van der Waals surface area contributed by atoms with Gasteiger partial charge < -0.3 is 5.11 Å². The molecule has 128 valence electrons. The average Bonchev–Trinajstić information content (AvgIpc) is 2.89. The van der Waals surface area contributed by atoms with E-state index in [4.69, 9.17) is 11.6 Å². The molecule has 0 spiro atoms. The first-order chi connectivity index (χ1) is 12.1. The molecule has 2 atom stereocenters. The molecule has 0 aromatic heterocycles. The molecule has 1 fully saturated rings. The third kappa shape index (κ3) is 2.69. The Hall–Kier alpha value is -2.06. The Balaban J connectivity index is 1.80. The zero-order valence-corrected chi connectivity index (χ0v) is 15.0. The second-order valence-electron chi connectivity index (χ2n) is 7.13. The van der Waals surface area contributed by atoms with Gasteiger partial charge in [-0.2, -0.15) is 0 Å². The van der Waals surface area contributed by atoms with Gasteiger partial charge in [-0.15, -0.1) is 0 Å². The van der Waals surface area contributed by atoms with Crippen LogP contribution in [0.4, 0.5) is 0 Å². The summed E-state index contributed by atoms with van der Waals surface area (Å²) in [7, 11) is 0. The molecule has 2 aromatic carbocycles. The molecule has 2 aliphatic rings. The lowest BCUT2D eigenvalue weighted by atomic mass is 9.80. The maximum absolute atomic E-state index is 12.9. The largest absolute Gasteiger partial charge is 0.511 e. The van der Waals surface area contributed by atoms with Gasteiger partial charge in [-0.3, -0.25) is 4.79 Å². The fourth-order valence-electron chi connectivity index (χ4n) is 4.34. The van der Waals surface area contributed by atoms with Crippen LogP contribution in [0.3, 0.4) is 0 Å². The van der Waals surface area contributed by atoms with E-state index in [0.717, 1.165) is 42.4 Å². The van der Waals surface area contributed by atoms with Crippen molar-refractivity contribution in [2.45, 2.75) is 32.6 Å². The Kier molecular flexibility index (Phi) is 4.16. The fourth-order valence-corrected chi connectivity index (χ4v) is 4.60. The smallest absolute Gasteiger partial charge is 0.170 e. The number of benzene rings is 2. The maximum Gasteiger partial charge on any atom is 0.170 e. The van der Waals surface area contributed by atoms with Gasteiger partial charge in [0.15, 0.2) is 5.78 Å². The molecular formula is C22H21ClO2. The normalized spacial score (nSPS) is 23.0. The number of carbonyl (C=O) groups is 1. The highest BCUT2D eigenvalue weighted by Gasteiger charge is 2.44. The molecule has 0 amide bonds. The van der Waals surface area contributed by atoms with E-state index in [1.165, 1.54) is 0 Å². The van der Waals surface area contributed by atoms with Crippen molar-refractivity contribution >= 4 is 23.0 Å². The molecule has 3 heteroatoms. The van der Waals surface area contributed by atoms with Crippen LogP contribution in [0.15, 0.2) is 48.2 Å². The van der Waals surface area contributed by atoms with Crippen molar-refractivity contribution in [3.05, 3.63) is 64.4 Å². The number of rotatable bonds is 2. The van der Waals surface area contributed by atoms with Gasteiger partial charge in [0.2, 0.25) is 0 Å². The first-order valence-electron chi connectivity index (χ1n) is 8.91. The van der Waals surface area contributed by atoms with E-state index in [2.05, 4.69) is 0 Å². The number of aliphatic hydroxyl groups excluding tert-OH is 1. The molecule has 2 aromatic rings. The van der Waals surface area contributed by atoms with Crippen LogP contribution in [0.5, 0.6) is 0 Å². The summed E-state index contributed by atoms with van der Waals surface area (Å²) in [5.41, 5.74) is 4.32. The van der Waals surface area contributed by atoms with Crippen LogP contribution in [0, 0.1) is 18.8 Å². The molecule has 0 bridgehead atoms. The molecule has 0 heterocycles. The third-order valence-corrected chi connectivity index (χ3v) is 5.94. The van der Waals surface area contributed by atoms with Crippen molar-refractivity contribution in [2.24, 2.45) is 11.8 Å². The van der Waals surface area contributed by atoms with Gasteiger partial charge in [0.05, 0.1) is 5.57 Å². The highest BCUT2D eigenvalue weighted by Crippen LogP contribution is 2.47. The van der Waals surface area contributed by atoms with Crippen molar-refractivity contribution in [1.29, 1.82) is 0 Å². The topological polar surface area (TPSA) is 37.3 Å². The van der Waals surface area contributed by atoms with Crippen LogP contribution in [0.2, 0.25) is 5.02 Å². The van der Waals surface area contributed by atoms with Gasteiger partial charge in [0, 0.05) is 22.4 Å². The van der Waals surface area contributed by atoms with Crippen LogP contribution in [-0.2, 0) is 4.79 Å². The Bertz CT molecular complexity index is 867. The summed E-state index contributed by atoms with van der Waals surface area (Å²) in [6, 6.07) is 13.9. The lowest BCUT2D eigenvalue weighted by Crippen LogP contribution is -2.21. The van der Waals surface area contributed by atoms with Crippen LogP contribution >= 0.6 is 11.6 Å². The summed E-state index contributed by atoms with van der Waals surface area (Å²) in [6.07, 6.45) is 3.90. The van der Waals surface area contributed by atoms with Crippen LogP contribution in [-0.4, -0.2) is 10.9 Å². The average molecular weight is 353 g/mol. The second kappa shape index (κ2) is 6.34. The number of aliphatic hydroxyl groups is 1. The Labute approximate surface area is 153 Å². The monoisotopic (exact) mass is 352 g/mol. The van der Waals surface area contributed by atoms with Gasteiger partial charge in [-0.05, 0) is 48.6 Å². The van der Waals surface area contributed by atoms with Crippen molar-refractivity contribution < 1.29 is 9.90 Å². The first kappa shape index (κ1) is 16.4. The molecule has 2 nitrogen and oxygen atoms in total. The van der Waals surface area contributed by atoms with Crippen LogP contribution < -0.4 is 0 Å². The number of carbonyl (C=O) groups excluding carboxylic acids is 1. The number of hydrogen-bond acceptors (Lipinski definition) is 2. The number of halogens is 1. The molecule has 0 saturated heterocycles. The van der Waals surface area contributed by atoms with E-state index >= 15 is 0 Å². The minimum absolute atomic E-state index is 0.0126. The number of allylic oxidation sites excluding steroid dienone is 2. The highest BCUT2D eigenvalue weighted by molar-refractivity contribution is 6.36. The van der Waals surface area contributed by atoms with Gasteiger partial charge in [-0.1, -0.05) is 54.8 Å². The minimum atomic E-state index is -0.0612. The van der Waals surface area contributed by atoms with Gasteiger partial charge in [0.25, 0.3) is 0 Å². The standard InChI is InChI=1S/C22H21ClO2/c1-13-11-18(19(23)12-17(13)14-7-3-2-4-8-14)20-21(24)15-9-5-6-10-16(15)22(20)25/h2-4,7-8,11-12,15-16,24H,5-6,9-10H2,1H3. The summed E-state index contributed by atoms with van der Waals surface area (Å²) in [5, 5.41) is 11.2. The third-order valence-electron chi connectivity index (χ3n) is 5.62. The summed E-state index contributed by atoms with van der Waals surface area (Å²) < 4.78 is 0. The van der Waals surface area contributed by atoms with Crippen molar-refractivity contribution in [3.8, 4) is 11.1 Å². The number of hydrogen-bond donors (Lipinski definition) is 1. The van der Waals surface area contributed by atoms with Crippen molar-refractivity contribution in [3.63, 3.8) is 0 Å². The Morgan fingerprint density at radius 3 is 2.36 bits per heavy atom. The van der Waals surface area contributed by atoms with E-state index < -0.39 is 0 Å². The molecule has 2 unspecified atom stereocenters. The van der Waals surface area contributed by atoms with Gasteiger partial charge in [-0.25, -0.2) is 0 Å². The molecule has 0 radical (unpaired) electrons. The molecule has 0 aliphatic heterocycles. The van der Waals surface area contributed by atoms with Crippen molar-refractivity contribution in [2.75, 3.05) is 0 Å². The van der Waals surface area contributed by atoms with E-state index in [1.54, 1.807) is 0 Å². The van der Waals surface area contributed by atoms with E-state index in [9.17, 15) is 9.90 Å². The first-order valence-corrected chi connectivity index (χ1v) is 9.29. The molecule has 2 aliphatic carbocycles. The SMILES string of the molecule is Cc1cc(C2=C(O)C3CCCCC3C2=O)c(Cl)cc1-c1ccccc1. The lowest BCUT2D eigenvalue weighted by molar-refractivity contribution is -0.118. The molecule has 4 rings (SSSR count). The number of aryl methyl sites for hydroxylation is 1. The molecular weight excluding hydrogens is 332 g/mol. The number of Topliss-reactive ketones (excluding diaryl/α,β-unsaturated/α-hetero) is 1. The maximum atomic E-state index is 12.9.